The summed E-state index contributed by atoms with van der Waals surface area (Å²) in [5, 5.41) is 0. The Morgan fingerprint density at radius 1 is 0.964 bits per heavy atom. The van der Waals surface area contributed by atoms with E-state index in [1.807, 2.05) is 16.7 Å². The molecule has 5 heteroatoms. The Kier molecular flexibility index (Phi) is 8.81. The van der Waals surface area contributed by atoms with E-state index in [1.54, 1.807) is 0 Å². The van der Waals surface area contributed by atoms with Crippen molar-refractivity contribution in [1.29, 1.82) is 0 Å². The Hall–Kier alpha value is -2.04. The largest absolute Gasteiger partial charge is 0.493 e. The first-order valence-electron chi connectivity index (χ1n) is 10.6. The molecule has 0 aliphatic carbocycles. The van der Waals surface area contributed by atoms with Gasteiger partial charge in [-0.25, -0.2) is 0 Å². The first-order chi connectivity index (χ1) is 13.4. The van der Waals surface area contributed by atoms with E-state index in [0.29, 0.717) is 51.5 Å². The van der Waals surface area contributed by atoms with Crippen molar-refractivity contribution in [2.24, 2.45) is 5.92 Å². The second-order valence-corrected chi connectivity index (χ2v) is 8.27. The van der Waals surface area contributed by atoms with Crippen molar-refractivity contribution in [3.8, 4) is 5.75 Å². The van der Waals surface area contributed by atoms with Crippen LogP contribution < -0.4 is 4.74 Å². The number of nitrogens with zero attached hydrogens (tertiary/aromatic N) is 2. The van der Waals surface area contributed by atoms with Crippen molar-refractivity contribution in [2.45, 2.75) is 59.8 Å². The Bertz CT molecular complexity index is 649. The number of piperazine rings is 1. The normalized spacial score (nSPS) is 14.5. The van der Waals surface area contributed by atoms with E-state index in [1.165, 1.54) is 5.56 Å². The summed E-state index contributed by atoms with van der Waals surface area (Å²) in [5.41, 5.74) is 2.33. The minimum absolute atomic E-state index is 0.195. The smallest absolute Gasteiger partial charge is 0.222 e. The zero-order valence-corrected chi connectivity index (χ0v) is 18.0. The maximum absolute atomic E-state index is 12.4. The van der Waals surface area contributed by atoms with Gasteiger partial charge in [0, 0.05) is 39.0 Å². The third-order valence-electron chi connectivity index (χ3n) is 5.31. The number of amides is 2. The minimum atomic E-state index is 0.195. The molecule has 0 aromatic heterocycles. The zero-order valence-electron chi connectivity index (χ0n) is 18.0. The summed E-state index contributed by atoms with van der Waals surface area (Å²) in [4.78, 5) is 28.4. The lowest BCUT2D eigenvalue weighted by Crippen LogP contribution is -2.50. The first-order valence-corrected chi connectivity index (χ1v) is 10.6. The Labute approximate surface area is 170 Å². The molecule has 1 heterocycles. The summed E-state index contributed by atoms with van der Waals surface area (Å²) in [6.07, 6.45) is 3.80. The molecule has 0 unspecified atom stereocenters. The monoisotopic (exact) mass is 388 g/mol. The number of hydrogen-bond donors (Lipinski definition) is 0. The number of hydrogen-bond acceptors (Lipinski definition) is 3. The van der Waals surface area contributed by atoms with Crippen LogP contribution in [-0.4, -0.2) is 54.4 Å². The van der Waals surface area contributed by atoms with Gasteiger partial charge in [0.15, 0.2) is 0 Å². The van der Waals surface area contributed by atoms with Crippen molar-refractivity contribution in [2.75, 3.05) is 32.8 Å². The fourth-order valence-electron chi connectivity index (χ4n) is 3.36. The Morgan fingerprint density at radius 3 is 2.18 bits per heavy atom. The van der Waals surface area contributed by atoms with E-state index in [9.17, 15) is 9.59 Å². The average molecular weight is 389 g/mol. The maximum atomic E-state index is 12.4. The van der Waals surface area contributed by atoms with Crippen molar-refractivity contribution in [3.05, 3.63) is 29.3 Å². The van der Waals surface area contributed by atoms with Gasteiger partial charge in [0.25, 0.3) is 0 Å². The van der Waals surface area contributed by atoms with Crippen LogP contribution in [0.1, 0.15) is 57.1 Å². The number of carbonyl (C=O) groups is 2. The SMILES string of the molecule is Cc1ccc(C)c(OCCCCC(=O)N2CCN(C(=O)CCC(C)C)CC2)c1. The highest BCUT2D eigenvalue weighted by atomic mass is 16.5. The van der Waals surface area contributed by atoms with Gasteiger partial charge >= 0.3 is 0 Å². The summed E-state index contributed by atoms with van der Waals surface area (Å²) in [6.45, 7) is 11.7. The van der Waals surface area contributed by atoms with Crippen LogP contribution in [0.2, 0.25) is 0 Å². The molecule has 0 saturated carbocycles. The van der Waals surface area contributed by atoms with Crippen LogP contribution in [0.25, 0.3) is 0 Å². The number of unbranched alkanes of at least 4 members (excludes halogenated alkanes) is 1. The van der Waals surface area contributed by atoms with Crippen LogP contribution >= 0.6 is 0 Å². The quantitative estimate of drug-likeness (QED) is 0.602. The third-order valence-corrected chi connectivity index (χ3v) is 5.31. The zero-order chi connectivity index (χ0) is 20.5. The molecule has 1 aromatic carbocycles. The molecule has 5 nitrogen and oxygen atoms in total. The molecule has 0 spiro atoms. The molecule has 2 rings (SSSR count). The second-order valence-electron chi connectivity index (χ2n) is 8.27. The molecule has 1 saturated heterocycles. The summed E-state index contributed by atoms with van der Waals surface area (Å²) in [6, 6.07) is 6.21. The predicted octanol–water partition coefficient (Wildman–Crippen LogP) is 3.96. The fourth-order valence-corrected chi connectivity index (χ4v) is 3.36. The number of carbonyl (C=O) groups excluding carboxylic acids is 2. The summed E-state index contributed by atoms with van der Waals surface area (Å²) < 4.78 is 5.86. The highest BCUT2D eigenvalue weighted by Gasteiger charge is 2.23. The topological polar surface area (TPSA) is 49.9 Å². The molecule has 1 aliphatic heterocycles. The van der Waals surface area contributed by atoms with E-state index in [-0.39, 0.29) is 11.8 Å². The van der Waals surface area contributed by atoms with Crippen LogP contribution in [0, 0.1) is 19.8 Å². The third kappa shape index (κ3) is 7.17. The molecule has 0 radical (unpaired) electrons. The van der Waals surface area contributed by atoms with E-state index < -0.39 is 0 Å². The van der Waals surface area contributed by atoms with Crippen molar-refractivity contribution < 1.29 is 14.3 Å². The standard InChI is InChI=1S/C23H36N2O3/c1-18(2)8-11-23(27)25-14-12-24(13-15-25)22(26)7-5-6-16-28-21-17-19(3)9-10-20(21)4/h9-10,17-18H,5-8,11-16H2,1-4H3. The van der Waals surface area contributed by atoms with E-state index in [2.05, 4.69) is 39.0 Å². The molecule has 0 bridgehead atoms. The molecular formula is C23H36N2O3. The van der Waals surface area contributed by atoms with E-state index >= 15 is 0 Å². The van der Waals surface area contributed by atoms with Crippen molar-refractivity contribution >= 4 is 11.8 Å². The highest BCUT2D eigenvalue weighted by molar-refractivity contribution is 5.78. The molecule has 0 N–H and O–H groups in total. The number of rotatable bonds is 9. The predicted molar refractivity (Wildman–Crippen MR) is 112 cm³/mol. The summed E-state index contributed by atoms with van der Waals surface area (Å²) in [5.74, 6) is 1.90. The van der Waals surface area contributed by atoms with Crippen LogP contribution in [-0.2, 0) is 9.59 Å². The number of aryl methyl sites for hydroxylation is 2. The highest BCUT2D eigenvalue weighted by Crippen LogP contribution is 2.19. The molecule has 28 heavy (non-hydrogen) atoms. The van der Waals surface area contributed by atoms with Crippen LogP contribution in [0.15, 0.2) is 18.2 Å². The molecule has 1 aliphatic rings. The lowest BCUT2D eigenvalue weighted by Gasteiger charge is -2.35. The van der Waals surface area contributed by atoms with Gasteiger partial charge in [-0.05, 0) is 56.2 Å². The van der Waals surface area contributed by atoms with Gasteiger partial charge in [-0.2, -0.15) is 0 Å². The van der Waals surface area contributed by atoms with Gasteiger partial charge in [0.1, 0.15) is 5.75 Å². The van der Waals surface area contributed by atoms with E-state index in [0.717, 1.165) is 30.6 Å². The second kappa shape index (κ2) is 11.1. The Balaban J connectivity index is 1.61. The molecule has 1 aromatic rings. The molecule has 156 valence electrons. The number of benzene rings is 1. The van der Waals surface area contributed by atoms with Crippen molar-refractivity contribution in [1.82, 2.24) is 9.80 Å². The molecule has 1 fully saturated rings. The van der Waals surface area contributed by atoms with Gasteiger partial charge in [-0.3, -0.25) is 9.59 Å². The lowest BCUT2D eigenvalue weighted by atomic mass is 10.1. The van der Waals surface area contributed by atoms with Gasteiger partial charge in [0.2, 0.25) is 11.8 Å². The van der Waals surface area contributed by atoms with Crippen LogP contribution in [0.5, 0.6) is 5.75 Å². The average Bonchev–Trinajstić information content (AvgIpc) is 2.68. The maximum Gasteiger partial charge on any atom is 0.222 e. The van der Waals surface area contributed by atoms with Crippen molar-refractivity contribution in [3.63, 3.8) is 0 Å². The van der Waals surface area contributed by atoms with Gasteiger partial charge in [-0.1, -0.05) is 26.0 Å². The Morgan fingerprint density at radius 2 is 1.57 bits per heavy atom. The molecule has 0 atom stereocenters. The molecular weight excluding hydrogens is 352 g/mol. The van der Waals surface area contributed by atoms with Crippen LogP contribution in [0.4, 0.5) is 0 Å². The first kappa shape index (κ1) is 22.3. The fraction of sp³-hybridized carbons (Fsp3) is 0.652. The molecule has 2 amide bonds. The lowest BCUT2D eigenvalue weighted by molar-refractivity contribution is -0.139. The van der Waals surface area contributed by atoms with Gasteiger partial charge < -0.3 is 14.5 Å². The number of ether oxygens (including phenoxy) is 1. The summed E-state index contributed by atoms with van der Waals surface area (Å²) >= 11 is 0. The van der Waals surface area contributed by atoms with E-state index in [4.69, 9.17) is 4.74 Å². The summed E-state index contributed by atoms with van der Waals surface area (Å²) in [7, 11) is 0. The van der Waals surface area contributed by atoms with Gasteiger partial charge in [0.05, 0.1) is 6.61 Å². The minimum Gasteiger partial charge on any atom is -0.493 e. The van der Waals surface area contributed by atoms with Crippen LogP contribution in [0.3, 0.4) is 0 Å². The van der Waals surface area contributed by atoms with Gasteiger partial charge in [-0.15, -0.1) is 0 Å².